The van der Waals surface area contributed by atoms with Crippen molar-refractivity contribution in [2.45, 2.75) is 65.5 Å². The van der Waals surface area contributed by atoms with E-state index in [0.29, 0.717) is 42.7 Å². The zero-order chi connectivity index (χ0) is 32.6. The summed E-state index contributed by atoms with van der Waals surface area (Å²) in [6.45, 7) is 9.46. The second-order valence-corrected chi connectivity index (χ2v) is 11.0. The van der Waals surface area contributed by atoms with Gasteiger partial charge in [0.05, 0.1) is 18.6 Å². The van der Waals surface area contributed by atoms with E-state index in [4.69, 9.17) is 0 Å². The van der Waals surface area contributed by atoms with E-state index in [-0.39, 0.29) is 24.8 Å². The van der Waals surface area contributed by atoms with Crippen molar-refractivity contribution in [3.05, 3.63) is 107 Å². The van der Waals surface area contributed by atoms with Gasteiger partial charge in [-0.3, -0.25) is 19.8 Å². The lowest BCUT2D eigenvalue weighted by Gasteiger charge is -2.30. The fourth-order valence-corrected chi connectivity index (χ4v) is 5.14. The Bertz CT molecular complexity index is 1440. The van der Waals surface area contributed by atoms with Crippen molar-refractivity contribution in [2.75, 3.05) is 26.2 Å². The second kappa shape index (κ2) is 18.4. The highest BCUT2D eigenvalue weighted by molar-refractivity contribution is 6.00. The summed E-state index contributed by atoms with van der Waals surface area (Å²) in [4.78, 5) is 41.8. The van der Waals surface area contributed by atoms with Crippen LogP contribution in [0.3, 0.4) is 0 Å². The minimum Gasteiger partial charge on any atom is -0.390 e. The van der Waals surface area contributed by atoms with E-state index < -0.39 is 18.1 Å². The maximum Gasteiger partial charge on any atom is 0.253 e. The lowest BCUT2D eigenvalue weighted by atomic mass is 9.99. The molecule has 0 aliphatic carbocycles. The third-order valence-electron chi connectivity index (χ3n) is 7.34. The lowest BCUT2D eigenvalue weighted by Crippen LogP contribution is -2.53. The Labute approximate surface area is 267 Å². The predicted molar refractivity (Wildman–Crippen MR) is 178 cm³/mol. The van der Waals surface area contributed by atoms with Crippen molar-refractivity contribution in [1.82, 2.24) is 20.7 Å². The molecule has 0 aliphatic heterocycles. The van der Waals surface area contributed by atoms with Crippen molar-refractivity contribution in [3.63, 3.8) is 0 Å². The Morgan fingerprint density at radius 2 is 1.44 bits per heavy atom. The van der Waals surface area contributed by atoms with Crippen LogP contribution in [0.25, 0.3) is 0 Å². The standard InChI is InChI=1S/C37H46N4O4/c1-5-15-30-22-31(26-32(23-30)37(45)40(20-6-2)21-7-3)36(44)38-33(24-28-16-11-9-12-17-28)34(42)27-41(8-4)39-35(43)25-29-18-13-10-14-19-29/h9-14,16-19,22-23,26,33-34,42H,6-8,20-21,24-25,27H2,1-4H3,(H,38,44)(H,39,43). The zero-order valence-corrected chi connectivity index (χ0v) is 26.9. The predicted octanol–water partition coefficient (Wildman–Crippen LogP) is 4.62. The fourth-order valence-electron chi connectivity index (χ4n) is 5.14. The molecule has 0 saturated heterocycles. The molecular weight excluding hydrogens is 564 g/mol. The van der Waals surface area contributed by atoms with Crippen LogP contribution in [0.1, 0.15) is 77.9 Å². The SMILES string of the molecule is CC#Cc1cc(C(=O)NC(Cc2ccccc2)C(O)CN(CC)NC(=O)Cc2ccccc2)cc(C(=O)N(CCC)CCC)c1. The first-order valence-corrected chi connectivity index (χ1v) is 15.8. The van der Waals surface area contributed by atoms with E-state index in [1.807, 2.05) is 81.4 Å². The first-order valence-electron chi connectivity index (χ1n) is 15.8. The molecule has 0 saturated carbocycles. The van der Waals surface area contributed by atoms with Crippen molar-refractivity contribution >= 4 is 17.7 Å². The summed E-state index contributed by atoms with van der Waals surface area (Å²) in [7, 11) is 0. The summed E-state index contributed by atoms with van der Waals surface area (Å²) >= 11 is 0. The topological polar surface area (TPSA) is 102 Å². The smallest absolute Gasteiger partial charge is 0.253 e. The van der Waals surface area contributed by atoms with Gasteiger partial charge in [0.2, 0.25) is 5.91 Å². The highest BCUT2D eigenvalue weighted by Gasteiger charge is 2.26. The molecule has 0 bridgehead atoms. The number of aliphatic hydroxyl groups is 1. The van der Waals surface area contributed by atoms with E-state index in [1.165, 1.54) is 0 Å². The highest BCUT2D eigenvalue weighted by atomic mass is 16.3. The molecule has 0 spiro atoms. The van der Waals surface area contributed by atoms with E-state index in [1.54, 1.807) is 35.0 Å². The summed E-state index contributed by atoms with van der Waals surface area (Å²) in [6.07, 6.45) is 1.21. The van der Waals surface area contributed by atoms with E-state index in [9.17, 15) is 19.5 Å². The molecule has 2 atom stereocenters. The molecular formula is C37H46N4O4. The van der Waals surface area contributed by atoms with Crippen molar-refractivity contribution in [1.29, 1.82) is 0 Å². The van der Waals surface area contributed by atoms with Crippen LogP contribution in [0.4, 0.5) is 0 Å². The largest absolute Gasteiger partial charge is 0.390 e. The van der Waals surface area contributed by atoms with Crippen LogP contribution >= 0.6 is 0 Å². The molecule has 8 heteroatoms. The van der Waals surface area contributed by atoms with Gasteiger partial charge >= 0.3 is 0 Å². The Balaban J connectivity index is 1.83. The quantitative estimate of drug-likeness (QED) is 0.162. The number of aliphatic hydroxyl groups excluding tert-OH is 1. The molecule has 45 heavy (non-hydrogen) atoms. The third kappa shape index (κ3) is 11.2. The Kier molecular flexibility index (Phi) is 14.3. The van der Waals surface area contributed by atoms with Crippen LogP contribution < -0.4 is 10.7 Å². The summed E-state index contributed by atoms with van der Waals surface area (Å²) in [5.41, 5.74) is 5.98. The Morgan fingerprint density at radius 3 is 2.02 bits per heavy atom. The van der Waals surface area contributed by atoms with E-state index in [0.717, 1.165) is 24.0 Å². The molecule has 8 nitrogen and oxygen atoms in total. The minimum absolute atomic E-state index is 0.100. The summed E-state index contributed by atoms with van der Waals surface area (Å²) in [5, 5.41) is 16.1. The van der Waals surface area contributed by atoms with Gasteiger partial charge in [0.15, 0.2) is 0 Å². The van der Waals surface area contributed by atoms with E-state index in [2.05, 4.69) is 22.6 Å². The molecule has 0 fully saturated rings. The van der Waals surface area contributed by atoms with Gasteiger partial charge in [-0.25, -0.2) is 5.01 Å². The van der Waals surface area contributed by atoms with Crippen LogP contribution in [-0.2, 0) is 17.6 Å². The highest BCUT2D eigenvalue weighted by Crippen LogP contribution is 2.16. The third-order valence-corrected chi connectivity index (χ3v) is 7.34. The molecule has 3 aromatic carbocycles. The molecule has 0 radical (unpaired) electrons. The van der Waals surface area contributed by atoms with Gasteiger partial charge in [0.25, 0.3) is 11.8 Å². The first kappa shape index (κ1) is 35.0. The average Bonchev–Trinajstić information content (AvgIpc) is 3.04. The average molecular weight is 611 g/mol. The van der Waals surface area contributed by atoms with Gasteiger partial charge in [-0.2, -0.15) is 0 Å². The molecule has 3 aromatic rings. The first-order chi connectivity index (χ1) is 21.8. The number of carbonyl (C=O) groups is 3. The van der Waals surface area contributed by atoms with Crippen LogP contribution in [-0.4, -0.2) is 71.1 Å². The molecule has 3 amide bonds. The number of nitrogens with zero attached hydrogens (tertiary/aromatic N) is 2. The molecule has 3 N–H and O–H groups in total. The van der Waals surface area contributed by atoms with Gasteiger partial charge in [-0.1, -0.05) is 87.4 Å². The number of benzene rings is 3. The summed E-state index contributed by atoms with van der Waals surface area (Å²) in [5.74, 6) is 5.10. The molecule has 0 aliphatic rings. The number of rotatable bonds is 16. The molecule has 0 aromatic heterocycles. The van der Waals surface area contributed by atoms with E-state index >= 15 is 0 Å². The number of hydrazine groups is 1. The summed E-state index contributed by atoms with van der Waals surface area (Å²) in [6, 6.07) is 23.4. The number of hydrogen-bond acceptors (Lipinski definition) is 5. The van der Waals surface area contributed by atoms with Gasteiger partial charge in [0, 0.05) is 42.9 Å². The van der Waals surface area contributed by atoms with Gasteiger partial charge < -0.3 is 15.3 Å². The fraction of sp³-hybridized carbons (Fsp3) is 0.378. The number of amides is 3. The molecule has 0 heterocycles. The number of carbonyl (C=O) groups excluding carboxylic acids is 3. The van der Waals surface area contributed by atoms with Crippen LogP contribution in [0.15, 0.2) is 78.9 Å². The number of hydrogen-bond donors (Lipinski definition) is 3. The summed E-state index contributed by atoms with van der Waals surface area (Å²) < 4.78 is 0. The van der Waals surface area contributed by atoms with Crippen LogP contribution in [0.2, 0.25) is 0 Å². The molecule has 238 valence electrons. The minimum atomic E-state index is -1.02. The van der Waals surface area contributed by atoms with Gasteiger partial charge in [0.1, 0.15) is 0 Å². The Hall–Kier alpha value is -4.45. The van der Waals surface area contributed by atoms with Crippen molar-refractivity contribution in [2.24, 2.45) is 0 Å². The van der Waals surface area contributed by atoms with Gasteiger partial charge in [-0.05, 0) is 55.5 Å². The maximum absolute atomic E-state index is 13.8. The second-order valence-electron chi connectivity index (χ2n) is 11.0. The number of nitrogens with one attached hydrogen (secondary N) is 2. The van der Waals surface area contributed by atoms with Crippen LogP contribution in [0, 0.1) is 11.8 Å². The van der Waals surface area contributed by atoms with Crippen molar-refractivity contribution < 1.29 is 19.5 Å². The van der Waals surface area contributed by atoms with Crippen LogP contribution in [0.5, 0.6) is 0 Å². The molecule has 2 unspecified atom stereocenters. The van der Waals surface area contributed by atoms with Gasteiger partial charge in [-0.15, -0.1) is 5.92 Å². The normalized spacial score (nSPS) is 12.0. The lowest BCUT2D eigenvalue weighted by molar-refractivity contribution is -0.125. The molecule has 3 rings (SSSR count). The number of likely N-dealkylation sites (N-methyl/N-ethyl adjacent to an activating group) is 1. The Morgan fingerprint density at radius 1 is 0.844 bits per heavy atom. The monoisotopic (exact) mass is 610 g/mol. The van der Waals surface area contributed by atoms with Crippen molar-refractivity contribution in [3.8, 4) is 11.8 Å². The zero-order valence-electron chi connectivity index (χ0n) is 26.9. The maximum atomic E-state index is 13.8.